The van der Waals surface area contributed by atoms with Gasteiger partial charge in [0.1, 0.15) is 17.6 Å². The number of ether oxygens (including phenoxy) is 1. The number of allylic oxidation sites excluding steroid dienone is 1. The third kappa shape index (κ3) is 8.44. The summed E-state index contributed by atoms with van der Waals surface area (Å²) in [7, 11) is 1.79. The molecule has 8 atom stereocenters. The van der Waals surface area contributed by atoms with Crippen LogP contribution in [0, 0.1) is 11.8 Å². The molecule has 0 aromatic heterocycles. The molecule has 4 amide bonds. The van der Waals surface area contributed by atoms with Gasteiger partial charge in [-0.3, -0.25) is 9.59 Å². The standard InChI is InChI=1S/C35H58N8O6S/c1-34(2,3)39-33(48)37-25-11-9-7-5-6-8-10-22-19-35(22,32(46)47)38-29(44)26-18-23(20-42(26)31(25)45)43-40-27(21-12-14-24(49-4)15-13-21)28(41-43)30-36-16-17-50-30/h8,10,21-28,30,36,40-41H,5-7,9,11-20H2,1-4H3,(H,38,44)(H,46,47)(H2,37,39,48)/b10-8-/t21?,22-,23-,24?,25-,26+,27?,28?,30?,35+/m1/s1. The number of hydrogen-bond acceptors (Lipinski definition) is 10. The Hall–Kier alpha value is -2.43. The second kappa shape index (κ2) is 15.7. The van der Waals surface area contributed by atoms with E-state index in [1.165, 1.54) is 0 Å². The van der Waals surface area contributed by atoms with Crippen molar-refractivity contribution in [2.45, 2.75) is 144 Å². The zero-order valence-electron chi connectivity index (χ0n) is 30.0. The van der Waals surface area contributed by atoms with E-state index in [4.69, 9.17) is 4.74 Å². The largest absolute Gasteiger partial charge is 0.479 e. The Bertz CT molecular complexity index is 1280. The molecule has 0 spiro atoms. The van der Waals surface area contributed by atoms with Crippen molar-refractivity contribution in [3.05, 3.63) is 12.2 Å². The summed E-state index contributed by atoms with van der Waals surface area (Å²) in [5.41, 5.74) is 5.67. The van der Waals surface area contributed by atoms with Crippen LogP contribution in [0.15, 0.2) is 12.2 Å². The third-order valence-corrected chi connectivity index (χ3v) is 12.6. The molecule has 4 aliphatic heterocycles. The number of rotatable bonds is 6. The molecule has 0 aromatic rings. The number of carboxylic acid groups (broad SMARTS) is 1. The van der Waals surface area contributed by atoms with Crippen molar-refractivity contribution in [3.8, 4) is 0 Å². The first kappa shape index (κ1) is 37.3. The number of urea groups is 1. The number of carboxylic acids is 1. The molecule has 14 nitrogen and oxygen atoms in total. The molecule has 5 fully saturated rings. The summed E-state index contributed by atoms with van der Waals surface area (Å²) < 4.78 is 5.66. The summed E-state index contributed by atoms with van der Waals surface area (Å²) in [6, 6.07) is -2.15. The van der Waals surface area contributed by atoms with Crippen LogP contribution >= 0.6 is 11.8 Å². The van der Waals surface area contributed by atoms with Gasteiger partial charge in [0.2, 0.25) is 11.8 Å². The van der Waals surface area contributed by atoms with Crippen LogP contribution in [-0.4, -0.2) is 118 Å². The Kier molecular flexibility index (Phi) is 11.7. The smallest absolute Gasteiger partial charge is 0.330 e. The van der Waals surface area contributed by atoms with Gasteiger partial charge < -0.3 is 36.0 Å². The van der Waals surface area contributed by atoms with Crippen molar-refractivity contribution in [1.82, 2.24) is 42.1 Å². The molecule has 7 N–H and O–H groups in total. The van der Waals surface area contributed by atoms with Crippen LogP contribution in [0.2, 0.25) is 0 Å². The van der Waals surface area contributed by atoms with Crippen molar-refractivity contribution in [1.29, 1.82) is 0 Å². The molecule has 6 aliphatic rings. The molecule has 3 unspecified atom stereocenters. The van der Waals surface area contributed by atoms with Crippen molar-refractivity contribution < 1.29 is 29.0 Å². The molecule has 4 heterocycles. The lowest BCUT2D eigenvalue weighted by Gasteiger charge is -2.35. The van der Waals surface area contributed by atoms with Crippen LogP contribution in [0.25, 0.3) is 0 Å². The topological polar surface area (TPSA) is 176 Å². The van der Waals surface area contributed by atoms with E-state index < -0.39 is 41.1 Å². The van der Waals surface area contributed by atoms with E-state index in [1.807, 2.05) is 49.8 Å². The Morgan fingerprint density at radius 3 is 2.50 bits per heavy atom. The lowest BCUT2D eigenvalue weighted by molar-refractivity contribution is -0.145. The van der Waals surface area contributed by atoms with Crippen LogP contribution in [-0.2, 0) is 19.1 Å². The fourth-order valence-electron chi connectivity index (χ4n) is 8.54. The van der Waals surface area contributed by atoms with Crippen LogP contribution in [0.1, 0.15) is 91.4 Å². The number of hydrogen-bond donors (Lipinski definition) is 7. The SMILES string of the molecule is COC1CCC(C2NN([C@@H]3C[C@H]4C(=O)N[C@@]5(C(=O)O)C[C@H]5/C=C\CCCCC[C@@H](NC(=O)NC(C)(C)C)C(=O)N4C3)NC2C2NCCS2)CC1. The zero-order chi connectivity index (χ0) is 35.6. The van der Waals surface area contributed by atoms with Crippen molar-refractivity contribution in [3.63, 3.8) is 0 Å². The van der Waals surface area contributed by atoms with Crippen molar-refractivity contribution >= 4 is 35.6 Å². The highest BCUT2D eigenvalue weighted by Crippen LogP contribution is 2.45. The van der Waals surface area contributed by atoms with E-state index in [-0.39, 0.29) is 41.9 Å². The van der Waals surface area contributed by atoms with Crippen LogP contribution in [0.5, 0.6) is 0 Å². The molecular weight excluding hydrogens is 661 g/mol. The summed E-state index contributed by atoms with van der Waals surface area (Å²) in [6.07, 6.45) is 12.7. The highest BCUT2D eigenvalue weighted by Gasteiger charge is 2.61. The van der Waals surface area contributed by atoms with Gasteiger partial charge in [-0.25, -0.2) is 20.4 Å². The number of carbonyl (C=O) groups excluding carboxylic acids is 3. The highest BCUT2D eigenvalue weighted by molar-refractivity contribution is 8.00. The zero-order valence-corrected chi connectivity index (χ0v) is 30.9. The van der Waals surface area contributed by atoms with Gasteiger partial charge in [0.25, 0.3) is 0 Å². The molecule has 0 bridgehead atoms. The molecule has 15 heteroatoms. The molecule has 0 aromatic carbocycles. The van der Waals surface area contributed by atoms with Crippen molar-refractivity contribution in [2.24, 2.45) is 11.8 Å². The minimum Gasteiger partial charge on any atom is -0.479 e. The predicted octanol–water partition coefficient (Wildman–Crippen LogP) is 1.83. The van der Waals surface area contributed by atoms with Gasteiger partial charge in [-0.2, -0.15) is 5.12 Å². The van der Waals surface area contributed by atoms with E-state index in [0.717, 1.165) is 63.7 Å². The first-order valence-electron chi connectivity index (χ1n) is 18.7. The maximum Gasteiger partial charge on any atom is 0.330 e. The number of carbonyl (C=O) groups is 4. The Balaban J connectivity index is 1.25. The van der Waals surface area contributed by atoms with E-state index in [2.05, 4.69) is 32.1 Å². The maximum atomic E-state index is 14.5. The van der Waals surface area contributed by atoms with E-state index >= 15 is 0 Å². The first-order valence-corrected chi connectivity index (χ1v) is 19.7. The number of methoxy groups -OCH3 is 1. The van der Waals surface area contributed by atoms with Gasteiger partial charge in [0.15, 0.2) is 0 Å². The Morgan fingerprint density at radius 2 is 1.82 bits per heavy atom. The lowest BCUT2D eigenvalue weighted by atomic mass is 9.80. The summed E-state index contributed by atoms with van der Waals surface area (Å²) in [5.74, 6) is -0.662. The Morgan fingerprint density at radius 1 is 1.06 bits per heavy atom. The van der Waals surface area contributed by atoms with Gasteiger partial charge in [-0.05, 0) is 84.5 Å². The average molecular weight is 719 g/mol. The second-order valence-electron chi connectivity index (χ2n) is 16.1. The molecule has 6 rings (SSSR count). The van der Waals surface area contributed by atoms with E-state index in [1.54, 1.807) is 12.0 Å². The van der Waals surface area contributed by atoms with E-state index in [9.17, 15) is 24.3 Å². The molecule has 2 aliphatic carbocycles. The molecule has 0 radical (unpaired) electrons. The number of hydrazine groups is 2. The fourth-order valence-corrected chi connectivity index (χ4v) is 9.71. The summed E-state index contributed by atoms with van der Waals surface area (Å²) in [5, 5.41) is 24.9. The van der Waals surface area contributed by atoms with Crippen LogP contribution in [0.3, 0.4) is 0 Å². The molecule has 50 heavy (non-hydrogen) atoms. The summed E-state index contributed by atoms with van der Waals surface area (Å²) in [6.45, 7) is 6.84. The second-order valence-corrected chi connectivity index (χ2v) is 17.4. The van der Waals surface area contributed by atoms with E-state index in [0.29, 0.717) is 31.3 Å². The monoisotopic (exact) mass is 718 g/mol. The lowest BCUT2D eigenvalue weighted by Crippen LogP contribution is -2.58. The number of nitrogens with one attached hydrogen (secondary N) is 6. The molecule has 2 saturated carbocycles. The maximum absolute atomic E-state index is 14.5. The van der Waals surface area contributed by atoms with Gasteiger partial charge in [-0.15, -0.1) is 11.8 Å². The van der Waals surface area contributed by atoms with Gasteiger partial charge in [-0.1, -0.05) is 25.0 Å². The molecule has 280 valence electrons. The number of nitrogens with zero attached hydrogens (tertiary/aromatic N) is 2. The van der Waals surface area contributed by atoms with Crippen LogP contribution in [0.4, 0.5) is 4.79 Å². The normalized spacial score (nSPS) is 39.4. The number of fused-ring (bicyclic) bond motifs is 2. The van der Waals surface area contributed by atoms with Crippen molar-refractivity contribution in [2.75, 3.05) is 26.0 Å². The summed E-state index contributed by atoms with van der Waals surface area (Å²) >= 11 is 1.91. The van der Waals surface area contributed by atoms with Crippen LogP contribution < -0.4 is 32.1 Å². The quantitative estimate of drug-likeness (QED) is 0.200. The minimum atomic E-state index is -1.38. The fraction of sp³-hybridized carbons (Fsp3) is 0.829. The van der Waals surface area contributed by atoms with Gasteiger partial charge in [0.05, 0.1) is 23.6 Å². The predicted molar refractivity (Wildman–Crippen MR) is 191 cm³/mol. The molecule has 3 saturated heterocycles. The summed E-state index contributed by atoms with van der Waals surface area (Å²) in [4.78, 5) is 55.9. The minimum absolute atomic E-state index is 0.110. The Labute approximate surface area is 300 Å². The average Bonchev–Trinajstić information content (AvgIpc) is 3.52. The number of thioether (sulfide) groups is 1. The third-order valence-electron chi connectivity index (χ3n) is 11.4. The highest BCUT2D eigenvalue weighted by atomic mass is 32.2. The number of aliphatic carboxylic acids is 1. The molecular formula is C35H58N8O6S. The van der Waals surface area contributed by atoms with Gasteiger partial charge >= 0.3 is 12.0 Å². The van der Waals surface area contributed by atoms with Gasteiger partial charge in [0, 0.05) is 43.5 Å². The number of amides is 4. The first-order chi connectivity index (χ1) is 23.9.